The number of nitrogens with one attached hydrogen (secondary N) is 1. The molecule has 0 saturated carbocycles. The number of hydrogen-bond acceptors (Lipinski definition) is 7. The third-order valence-corrected chi connectivity index (χ3v) is 4.67. The van der Waals surface area contributed by atoms with Crippen molar-refractivity contribution in [2.45, 2.75) is 39.2 Å². The van der Waals surface area contributed by atoms with Crippen molar-refractivity contribution in [1.29, 1.82) is 0 Å². The van der Waals surface area contributed by atoms with E-state index in [2.05, 4.69) is 30.7 Å². The molecule has 0 spiro atoms. The van der Waals surface area contributed by atoms with Crippen LogP contribution in [0.4, 0.5) is 5.82 Å². The molecule has 31 heavy (non-hydrogen) atoms. The molecular weight excluding hydrogens is 396 g/mol. The number of carbonyl (C=O) groups excluding carboxylic acids is 1. The normalized spacial score (nSPS) is 11.6. The van der Waals surface area contributed by atoms with E-state index in [9.17, 15) is 9.59 Å². The van der Waals surface area contributed by atoms with Crippen LogP contribution in [0, 0.1) is 0 Å². The molecule has 0 unspecified atom stereocenters. The summed E-state index contributed by atoms with van der Waals surface area (Å²) >= 11 is 0. The molecule has 4 aromatic rings. The second-order valence-corrected chi connectivity index (χ2v) is 8.06. The lowest BCUT2D eigenvalue weighted by Gasteiger charge is -2.13. The summed E-state index contributed by atoms with van der Waals surface area (Å²) in [6.07, 6.45) is 3.26. The van der Waals surface area contributed by atoms with Crippen molar-refractivity contribution in [1.82, 2.24) is 34.7 Å². The maximum Gasteiger partial charge on any atom is 0.277 e. The van der Waals surface area contributed by atoms with Gasteiger partial charge in [0.15, 0.2) is 0 Å². The van der Waals surface area contributed by atoms with Crippen LogP contribution in [0.1, 0.15) is 32.9 Å². The van der Waals surface area contributed by atoms with Crippen molar-refractivity contribution in [2.24, 2.45) is 0 Å². The highest BCUT2D eigenvalue weighted by Crippen LogP contribution is 2.25. The standard InChI is InChI=1S/C21H22N8O2/c1-21(2,3)16-13-17(29(26-16)20-22-10-6-11-23-20)24-18(30)9-12-28-19(31)14-7-4-5-8-15(14)25-27-28/h4-8,10-11,13H,9,12H2,1-3H3,(H,24,30). The lowest BCUT2D eigenvalue weighted by molar-refractivity contribution is -0.116. The topological polar surface area (TPSA) is 120 Å². The van der Waals surface area contributed by atoms with Crippen molar-refractivity contribution in [3.05, 3.63) is 64.8 Å². The summed E-state index contributed by atoms with van der Waals surface area (Å²) in [6, 6.07) is 10.5. The van der Waals surface area contributed by atoms with Gasteiger partial charge in [-0.2, -0.15) is 9.78 Å². The fourth-order valence-corrected chi connectivity index (χ4v) is 2.97. The summed E-state index contributed by atoms with van der Waals surface area (Å²) in [7, 11) is 0. The summed E-state index contributed by atoms with van der Waals surface area (Å²) < 4.78 is 2.70. The Morgan fingerprint density at radius 2 is 1.84 bits per heavy atom. The van der Waals surface area contributed by atoms with Crippen LogP contribution in [0.15, 0.2) is 53.6 Å². The summed E-state index contributed by atoms with van der Waals surface area (Å²) in [5, 5.41) is 15.8. The number of carbonyl (C=O) groups is 1. The van der Waals surface area contributed by atoms with E-state index in [1.165, 1.54) is 9.36 Å². The minimum absolute atomic E-state index is 0.0403. The van der Waals surface area contributed by atoms with Gasteiger partial charge in [-0.1, -0.05) is 38.1 Å². The van der Waals surface area contributed by atoms with Crippen LogP contribution in [-0.2, 0) is 16.8 Å². The van der Waals surface area contributed by atoms with Gasteiger partial charge in [0.05, 0.1) is 17.6 Å². The Hall–Kier alpha value is -3.95. The number of benzene rings is 1. The van der Waals surface area contributed by atoms with Crippen LogP contribution in [0.2, 0.25) is 0 Å². The summed E-state index contributed by atoms with van der Waals surface area (Å²) in [5.74, 6) is 0.516. The first kappa shape index (κ1) is 20.3. The van der Waals surface area contributed by atoms with E-state index in [1.54, 1.807) is 48.8 Å². The molecule has 0 aliphatic rings. The van der Waals surface area contributed by atoms with Crippen LogP contribution >= 0.6 is 0 Å². The Kier molecular flexibility index (Phi) is 5.28. The molecule has 1 aromatic carbocycles. The number of hydrogen-bond donors (Lipinski definition) is 1. The Morgan fingerprint density at radius 3 is 2.58 bits per heavy atom. The highest BCUT2D eigenvalue weighted by Gasteiger charge is 2.22. The SMILES string of the molecule is CC(C)(C)c1cc(NC(=O)CCn2nnc3ccccc3c2=O)n(-c2ncccn2)n1. The Morgan fingerprint density at radius 1 is 1.10 bits per heavy atom. The number of aromatic nitrogens is 7. The molecule has 3 heterocycles. The maximum atomic E-state index is 12.6. The van der Waals surface area contributed by atoms with Gasteiger partial charge in [0.2, 0.25) is 5.91 Å². The van der Waals surface area contributed by atoms with Gasteiger partial charge in [-0.15, -0.1) is 5.10 Å². The van der Waals surface area contributed by atoms with E-state index in [-0.39, 0.29) is 29.8 Å². The monoisotopic (exact) mass is 418 g/mol. The quantitative estimate of drug-likeness (QED) is 0.527. The van der Waals surface area contributed by atoms with Gasteiger partial charge in [0, 0.05) is 30.3 Å². The third kappa shape index (κ3) is 4.32. The number of fused-ring (bicyclic) bond motifs is 1. The van der Waals surface area contributed by atoms with Crippen LogP contribution < -0.4 is 10.9 Å². The van der Waals surface area contributed by atoms with Gasteiger partial charge in [0.25, 0.3) is 11.5 Å². The van der Waals surface area contributed by atoms with Crippen LogP contribution in [0.25, 0.3) is 16.9 Å². The number of anilines is 1. The predicted molar refractivity (Wildman–Crippen MR) is 115 cm³/mol. The van der Waals surface area contributed by atoms with Crippen molar-refractivity contribution >= 4 is 22.6 Å². The van der Waals surface area contributed by atoms with E-state index >= 15 is 0 Å². The molecule has 1 N–H and O–H groups in total. The van der Waals surface area contributed by atoms with Gasteiger partial charge in [-0.3, -0.25) is 9.59 Å². The molecule has 4 rings (SSSR count). The molecule has 158 valence electrons. The molecule has 10 nitrogen and oxygen atoms in total. The van der Waals surface area contributed by atoms with Gasteiger partial charge in [-0.25, -0.2) is 14.6 Å². The number of aryl methyl sites for hydroxylation is 1. The number of nitrogens with zero attached hydrogens (tertiary/aromatic N) is 7. The van der Waals surface area contributed by atoms with E-state index < -0.39 is 0 Å². The fourth-order valence-electron chi connectivity index (χ4n) is 2.97. The average Bonchev–Trinajstić information content (AvgIpc) is 3.18. The maximum absolute atomic E-state index is 12.6. The molecule has 0 atom stereocenters. The Bertz CT molecular complexity index is 1290. The molecular formula is C21H22N8O2. The Labute approximate surface area is 178 Å². The smallest absolute Gasteiger partial charge is 0.277 e. The zero-order chi connectivity index (χ0) is 22.0. The number of rotatable bonds is 5. The van der Waals surface area contributed by atoms with E-state index in [1.807, 2.05) is 20.8 Å². The second-order valence-electron chi connectivity index (χ2n) is 8.06. The minimum Gasteiger partial charge on any atom is -0.310 e. The Balaban J connectivity index is 1.54. The predicted octanol–water partition coefficient (Wildman–Crippen LogP) is 2.09. The van der Waals surface area contributed by atoms with E-state index in [4.69, 9.17) is 0 Å². The molecule has 0 bridgehead atoms. The largest absolute Gasteiger partial charge is 0.310 e. The molecule has 0 radical (unpaired) electrons. The van der Waals surface area contributed by atoms with Gasteiger partial charge >= 0.3 is 0 Å². The van der Waals surface area contributed by atoms with Crippen molar-refractivity contribution < 1.29 is 4.79 Å². The molecule has 0 aliphatic heterocycles. The van der Waals surface area contributed by atoms with E-state index in [0.717, 1.165) is 5.69 Å². The molecule has 1 amide bonds. The highest BCUT2D eigenvalue weighted by atomic mass is 16.2. The minimum atomic E-state index is -0.292. The van der Waals surface area contributed by atoms with Crippen LogP contribution in [0.5, 0.6) is 0 Å². The molecule has 0 saturated heterocycles. The van der Waals surface area contributed by atoms with Crippen LogP contribution in [-0.4, -0.2) is 40.6 Å². The molecule has 10 heteroatoms. The zero-order valence-electron chi connectivity index (χ0n) is 17.5. The lowest BCUT2D eigenvalue weighted by atomic mass is 9.92. The van der Waals surface area contributed by atoms with Crippen molar-refractivity contribution in [3.63, 3.8) is 0 Å². The lowest BCUT2D eigenvalue weighted by Crippen LogP contribution is -2.27. The first-order valence-electron chi connectivity index (χ1n) is 9.83. The zero-order valence-corrected chi connectivity index (χ0v) is 17.5. The number of amides is 1. The average molecular weight is 418 g/mol. The van der Waals surface area contributed by atoms with Crippen molar-refractivity contribution in [2.75, 3.05) is 5.32 Å². The molecule has 0 fully saturated rings. The first-order chi connectivity index (χ1) is 14.8. The molecule has 0 aliphatic carbocycles. The van der Waals surface area contributed by atoms with Crippen LogP contribution in [0.3, 0.4) is 0 Å². The van der Waals surface area contributed by atoms with E-state index in [0.29, 0.717) is 22.7 Å². The van der Waals surface area contributed by atoms with Gasteiger partial charge in [-0.05, 0) is 18.2 Å². The van der Waals surface area contributed by atoms with Gasteiger partial charge < -0.3 is 5.32 Å². The highest BCUT2D eigenvalue weighted by molar-refractivity contribution is 5.90. The molecule has 3 aromatic heterocycles. The second kappa shape index (κ2) is 8.05. The fraction of sp³-hybridized carbons (Fsp3) is 0.286. The summed E-state index contributed by atoms with van der Waals surface area (Å²) in [6.45, 7) is 6.19. The first-order valence-corrected chi connectivity index (χ1v) is 9.83. The van der Waals surface area contributed by atoms with Crippen molar-refractivity contribution in [3.8, 4) is 5.95 Å². The van der Waals surface area contributed by atoms with Gasteiger partial charge in [0.1, 0.15) is 11.3 Å². The summed E-state index contributed by atoms with van der Waals surface area (Å²) in [5.41, 5.74) is 0.797. The third-order valence-electron chi connectivity index (χ3n) is 4.67. The summed E-state index contributed by atoms with van der Waals surface area (Å²) in [4.78, 5) is 33.6.